The molecule has 2 aromatic heterocycles. The predicted octanol–water partition coefficient (Wildman–Crippen LogP) is 2.88. The van der Waals surface area contributed by atoms with Crippen LogP contribution in [0.5, 0.6) is 0 Å². The van der Waals surface area contributed by atoms with E-state index in [0.717, 1.165) is 42.2 Å². The second-order valence-electron chi connectivity index (χ2n) is 8.65. The fourth-order valence-corrected chi connectivity index (χ4v) is 7.30. The highest BCUT2D eigenvalue weighted by Crippen LogP contribution is 2.40. The third-order valence-electron chi connectivity index (χ3n) is 5.99. The minimum Gasteiger partial charge on any atom is -0.353 e. The number of rotatable bonds is 7. The molecule has 0 spiro atoms. The van der Waals surface area contributed by atoms with Crippen molar-refractivity contribution >= 4 is 37.4 Å². The van der Waals surface area contributed by atoms with Gasteiger partial charge in [0.1, 0.15) is 16.5 Å². The molecule has 0 unspecified atom stereocenters. The van der Waals surface area contributed by atoms with Crippen LogP contribution >= 0.6 is 11.3 Å². The van der Waals surface area contributed by atoms with Crippen LogP contribution in [-0.2, 0) is 29.4 Å². The van der Waals surface area contributed by atoms with Crippen LogP contribution in [0.2, 0.25) is 0 Å². The van der Waals surface area contributed by atoms with E-state index in [9.17, 15) is 8.42 Å². The van der Waals surface area contributed by atoms with Gasteiger partial charge in [0, 0.05) is 31.1 Å². The van der Waals surface area contributed by atoms with Crippen molar-refractivity contribution in [3.05, 3.63) is 16.3 Å². The molecule has 0 atom stereocenters. The fraction of sp³-hybridized carbons (Fsp3) is 0.714. The van der Waals surface area contributed by atoms with E-state index in [1.54, 1.807) is 4.31 Å². The molecule has 7 nitrogen and oxygen atoms in total. The summed E-state index contributed by atoms with van der Waals surface area (Å²) in [7, 11) is 0.917. The van der Waals surface area contributed by atoms with E-state index in [4.69, 9.17) is 9.97 Å². The molecule has 2 aliphatic rings. The second kappa shape index (κ2) is 9.06. The zero-order valence-corrected chi connectivity index (χ0v) is 20.0. The largest absolute Gasteiger partial charge is 0.353 e. The zero-order chi connectivity index (χ0) is 21.3. The van der Waals surface area contributed by atoms with E-state index < -0.39 is 10.0 Å². The Morgan fingerprint density at radius 1 is 1.07 bits per heavy atom. The van der Waals surface area contributed by atoms with E-state index in [2.05, 4.69) is 9.80 Å². The highest BCUT2D eigenvalue weighted by atomic mass is 32.2. The van der Waals surface area contributed by atoms with Gasteiger partial charge in [-0.3, -0.25) is 0 Å². The summed E-state index contributed by atoms with van der Waals surface area (Å²) in [4.78, 5) is 16.8. The molecular weight excluding hydrogens is 418 g/mol. The maximum absolute atomic E-state index is 12.6. The number of piperazine rings is 1. The summed E-state index contributed by atoms with van der Waals surface area (Å²) in [6.45, 7) is 5.17. The summed E-state index contributed by atoms with van der Waals surface area (Å²) in [5.74, 6) is 2.12. The van der Waals surface area contributed by atoms with Crippen molar-refractivity contribution < 1.29 is 8.42 Å². The van der Waals surface area contributed by atoms with Gasteiger partial charge in [0.25, 0.3) is 0 Å². The molecule has 0 radical (unpaired) electrons. The summed E-state index contributed by atoms with van der Waals surface area (Å²) >= 11 is 1.83. The van der Waals surface area contributed by atoms with Gasteiger partial charge in [0.2, 0.25) is 10.0 Å². The van der Waals surface area contributed by atoms with Crippen molar-refractivity contribution in [2.24, 2.45) is 0 Å². The first-order chi connectivity index (χ1) is 14.4. The molecule has 1 fully saturated rings. The number of unbranched alkanes of at least 4 members (excludes halogenated alkanes) is 1. The number of fused-ring (bicyclic) bond motifs is 3. The van der Waals surface area contributed by atoms with Crippen molar-refractivity contribution in [3.63, 3.8) is 0 Å². The predicted molar refractivity (Wildman–Crippen MR) is 124 cm³/mol. The molecule has 0 aromatic carbocycles. The number of hydrogen-bond donors (Lipinski definition) is 0. The molecule has 2 aromatic rings. The first kappa shape index (κ1) is 21.9. The second-order valence-corrected chi connectivity index (χ2v) is 11.8. The average molecular weight is 452 g/mol. The molecule has 1 aliphatic heterocycles. The lowest BCUT2D eigenvalue weighted by atomic mass is 9.97. The van der Waals surface area contributed by atoms with Crippen LogP contribution in [0.3, 0.4) is 0 Å². The number of nitrogens with zero attached hydrogens (tertiary/aromatic N) is 5. The monoisotopic (exact) mass is 451 g/mol. The zero-order valence-electron chi connectivity index (χ0n) is 18.4. The molecule has 0 saturated carbocycles. The molecule has 9 heteroatoms. The molecule has 4 rings (SSSR count). The van der Waals surface area contributed by atoms with Gasteiger partial charge in [-0.15, -0.1) is 11.3 Å². The minimum absolute atomic E-state index is 0.256. The normalized spacial score (nSPS) is 18.3. The van der Waals surface area contributed by atoms with Gasteiger partial charge >= 0.3 is 0 Å². The van der Waals surface area contributed by atoms with E-state index in [1.165, 1.54) is 28.7 Å². The van der Waals surface area contributed by atoms with Gasteiger partial charge in [0.15, 0.2) is 0 Å². The van der Waals surface area contributed by atoms with E-state index >= 15 is 0 Å². The third-order valence-corrected chi connectivity index (χ3v) is 9.13. The van der Waals surface area contributed by atoms with Crippen LogP contribution in [0, 0.1) is 0 Å². The van der Waals surface area contributed by atoms with Gasteiger partial charge in [-0.25, -0.2) is 18.4 Å². The molecule has 1 saturated heterocycles. The standard InChI is InChI=1S/C21H33N5O2S2/c1-4-5-14-30(27,28)26-12-10-25(11-13-26)20-19-16-8-6-7-9-17(16)29-21(19)23-18(22-20)15-24(2)3/h4-15H2,1-3H3. The number of aromatic nitrogens is 2. The Morgan fingerprint density at radius 2 is 1.80 bits per heavy atom. The van der Waals surface area contributed by atoms with Crippen LogP contribution < -0.4 is 4.90 Å². The number of thiophene rings is 1. The summed E-state index contributed by atoms with van der Waals surface area (Å²) < 4.78 is 26.9. The summed E-state index contributed by atoms with van der Waals surface area (Å²) in [6, 6.07) is 0. The first-order valence-electron chi connectivity index (χ1n) is 11.1. The highest BCUT2D eigenvalue weighted by molar-refractivity contribution is 7.89. The summed E-state index contributed by atoms with van der Waals surface area (Å²) in [6.07, 6.45) is 6.34. The van der Waals surface area contributed by atoms with Crippen LogP contribution in [0.1, 0.15) is 48.9 Å². The van der Waals surface area contributed by atoms with Gasteiger partial charge < -0.3 is 9.80 Å². The molecular formula is C21H33N5O2S2. The molecule has 166 valence electrons. The van der Waals surface area contributed by atoms with E-state index in [0.29, 0.717) is 32.7 Å². The first-order valence-corrected chi connectivity index (χ1v) is 13.5. The van der Waals surface area contributed by atoms with Crippen LogP contribution in [0.15, 0.2) is 0 Å². The topological polar surface area (TPSA) is 69.6 Å². The van der Waals surface area contributed by atoms with Crippen molar-refractivity contribution in [2.45, 2.75) is 52.0 Å². The van der Waals surface area contributed by atoms with Crippen molar-refractivity contribution in [1.82, 2.24) is 19.2 Å². The summed E-state index contributed by atoms with van der Waals surface area (Å²) in [5, 5.41) is 1.22. The Balaban J connectivity index is 1.64. The van der Waals surface area contributed by atoms with Crippen LogP contribution in [0.25, 0.3) is 10.2 Å². The Bertz CT molecular complexity index is 994. The number of anilines is 1. The van der Waals surface area contributed by atoms with E-state index in [-0.39, 0.29) is 5.75 Å². The molecule has 1 aliphatic carbocycles. The Labute approximate surface area is 184 Å². The van der Waals surface area contributed by atoms with E-state index in [1.807, 2.05) is 32.4 Å². The van der Waals surface area contributed by atoms with Crippen LogP contribution in [-0.4, -0.2) is 73.6 Å². The Hall–Kier alpha value is -1.29. The maximum Gasteiger partial charge on any atom is 0.214 e. The fourth-order valence-electron chi connectivity index (χ4n) is 4.40. The lowest BCUT2D eigenvalue weighted by Crippen LogP contribution is -2.49. The number of aryl methyl sites for hydroxylation is 2. The van der Waals surface area contributed by atoms with Gasteiger partial charge in [0.05, 0.1) is 17.7 Å². The van der Waals surface area contributed by atoms with Crippen molar-refractivity contribution in [2.75, 3.05) is 50.9 Å². The number of sulfonamides is 1. The van der Waals surface area contributed by atoms with Gasteiger partial charge in [-0.2, -0.15) is 4.31 Å². The lowest BCUT2D eigenvalue weighted by molar-refractivity contribution is 0.380. The smallest absolute Gasteiger partial charge is 0.214 e. The lowest BCUT2D eigenvalue weighted by Gasteiger charge is -2.35. The van der Waals surface area contributed by atoms with Crippen molar-refractivity contribution in [1.29, 1.82) is 0 Å². The van der Waals surface area contributed by atoms with Crippen LogP contribution in [0.4, 0.5) is 5.82 Å². The molecule has 30 heavy (non-hydrogen) atoms. The quantitative estimate of drug-likeness (QED) is 0.645. The average Bonchev–Trinajstić information content (AvgIpc) is 3.09. The third kappa shape index (κ3) is 4.49. The Morgan fingerprint density at radius 3 is 2.50 bits per heavy atom. The van der Waals surface area contributed by atoms with Gasteiger partial charge in [-0.1, -0.05) is 13.3 Å². The van der Waals surface area contributed by atoms with Gasteiger partial charge in [-0.05, 0) is 51.8 Å². The number of hydrogen-bond acceptors (Lipinski definition) is 7. The van der Waals surface area contributed by atoms with Crippen molar-refractivity contribution in [3.8, 4) is 0 Å². The molecule has 0 bridgehead atoms. The summed E-state index contributed by atoms with van der Waals surface area (Å²) in [5.41, 5.74) is 1.44. The highest BCUT2D eigenvalue weighted by Gasteiger charge is 2.30. The maximum atomic E-state index is 12.6. The Kier molecular flexibility index (Phi) is 6.62. The SMILES string of the molecule is CCCCS(=O)(=O)N1CCN(c2nc(CN(C)C)nc3sc4c(c23)CCCC4)CC1. The molecule has 0 N–H and O–H groups in total. The molecule has 0 amide bonds. The minimum atomic E-state index is -3.15. The molecule has 3 heterocycles.